The van der Waals surface area contributed by atoms with Crippen molar-refractivity contribution in [3.05, 3.63) is 18.2 Å². The van der Waals surface area contributed by atoms with Gasteiger partial charge in [-0.05, 0) is 37.7 Å². The number of imidazole rings is 1. The topological polar surface area (TPSA) is 53.1 Å². The number of anilines is 1. The van der Waals surface area contributed by atoms with E-state index < -0.39 is 0 Å². The van der Waals surface area contributed by atoms with Crippen molar-refractivity contribution in [2.75, 3.05) is 18.1 Å². The van der Waals surface area contributed by atoms with Crippen molar-refractivity contribution in [2.24, 2.45) is 0 Å². The van der Waals surface area contributed by atoms with Gasteiger partial charge in [-0.1, -0.05) is 19.4 Å². The average molecular weight is 305 g/mol. The summed E-state index contributed by atoms with van der Waals surface area (Å²) in [6, 6.07) is 6.56. The molecule has 21 heavy (non-hydrogen) atoms. The van der Waals surface area contributed by atoms with Crippen LogP contribution in [0.15, 0.2) is 18.2 Å². The molecule has 0 amide bonds. The maximum atomic E-state index is 6.24. The van der Waals surface area contributed by atoms with Crippen LogP contribution < -0.4 is 10.5 Å². The summed E-state index contributed by atoms with van der Waals surface area (Å²) in [5, 5.41) is 0.644. The molecular formula is C16H23N3OS. The molecule has 1 aromatic carbocycles. The SMILES string of the molecule is CCOc1cccc2c1nc(N)n2C1CCCC1SCC. The molecule has 5 heteroatoms. The number of nitrogens with two attached hydrogens (primary N) is 1. The van der Waals surface area contributed by atoms with Gasteiger partial charge in [0.2, 0.25) is 5.95 Å². The van der Waals surface area contributed by atoms with E-state index in [1.54, 1.807) is 0 Å². The molecule has 2 N–H and O–H groups in total. The molecule has 2 atom stereocenters. The van der Waals surface area contributed by atoms with Crippen LogP contribution in [-0.2, 0) is 0 Å². The Balaban J connectivity index is 2.06. The number of aromatic nitrogens is 2. The van der Waals surface area contributed by atoms with Gasteiger partial charge in [0.05, 0.1) is 12.1 Å². The highest BCUT2D eigenvalue weighted by Gasteiger charge is 2.31. The van der Waals surface area contributed by atoms with Gasteiger partial charge in [-0.15, -0.1) is 0 Å². The summed E-state index contributed by atoms with van der Waals surface area (Å²) in [6.45, 7) is 4.86. The highest BCUT2D eigenvalue weighted by Crippen LogP contribution is 2.42. The quantitative estimate of drug-likeness (QED) is 0.911. The fourth-order valence-electron chi connectivity index (χ4n) is 3.34. The molecule has 1 aliphatic rings. The predicted molar refractivity (Wildman–Crippen MR) is 90.1 cm³/mol. The van der Waals surface area contributed by atoms with Crippen LogP contribution in [0.3, 0.4) is 0 Å². The smallest absolute Gasteiger partial charge is 0.201 e. The first-order valence-electron chi connectivity index (χ1n) is 7.77. The van der Waals surface area contributed by atoms with Crippen molar-refractivity contribution < 1.29 is 4.74 Å². The Morgan fingerprint density at radius 3 is 3.00 bits per heavy atom. The van der Waals surface area contributed by atoms with Gasteiger partial charge in [0.25, 0.3) is 0 Å². The van der Waals surface area contributed by atoms with Crippen molar-refractivity contribution in [3.8, 4) is 5.75 Å². The molecule has 1 fully saturated rings. The van der Waals surface area contributed by atoms with E-state index in [0.717, 1.165) is 22.5 Å². The van der Waals surface area contributed by atoms with E-state index in [0.29, 0.717) is 23.8 Å². The highest BCUT2D eigenvalue weighted by molar-refractivity contribution is 7.99. The van der Waals surface area contributed by atoms with Crippen molar-refractivity contribution in [2.45, 2.75) is 44.4 Å². The number of rotatable bonds is 5. The normalized spacial score (nSPS) is 22.0. The van der Waals surface area contributed by atoms with E-state index in [9.17, 15) is 0 Å². The molecule has 4 nitrogen and oxygen atoms in total. The Morgan fingerprint density at radius 1 is 1.38 bits per heavy atom. The summed E-state index contributed by atoms with van der Waals surface area (Å²) in [7, 11) is 0. The van der Waals surface area contributed by atoms with Crippen LogP contribution in [-0.4, -0.2) is 27.2 Å². The number of hydrogen-bond acceptors (Lipinski definition) is 4. The van der Waals surface area contributed by atoms with Crippen LogP contribution in [0.25, 0.3) is 11.0 Å². The maximum Gasteiger partial charge on any atom is 0.201 e. The second-order valence-electron chi connectivity index (χ2n) is 5.39. The Hall–Kier alpha value is -1.36. The number of ether oxygens (including phenoxy) is 1. The zero-order valence-corrected chi connectivity index (χ0v) is 13.5. The van der Waals surface area contributed by atoms with Gasteiger partial charge < -0.3 is 15.0 Å². The molecule has 0 bridgehead atoms. The van der Waals surface area contributed by atoms with E-state index in [-0.39, 0.29) is 0 Å². The van der Waals surface area contributed by atoms with Crippen LogP contribution in [0, 0.1) is 0 Å². The number of para-hydroxylation sites is 1. The first-order chi connectivity index (χ1) is 10.3. The van der Waals surface area contributed by atoms with Crippen LogP contribution >= 0.6 is 11.8 Å². The number of nitrogens with zero attached hydrogens (tertiary/aromatic N) is 2. The van der Waals surface area contributed by atoms with Crippen LogP contribution in [0.4, 0.5) is 5.95 Å². The Bertz CT molecular complexity index is 625. The summed E-state index contributed by atoms with van der Waals surface area (Å²) in [5.74, 6) is 2.60. The molecule has 1 saturated carbocycles. The lowest BCUT2D eigenvalue weighted by atomic mass is 10.2. The number of thioether (sulfide) groups is 1. The highest BCUT2D eigenvalue weighted by atomic mass is 32.2. The molecule has 1 aliphatic carbocycles. The molecule has 2 unspecified atom stereocenters. The zero-order chi connectivity index (χ0) is 14.8. The average Bonchev–Trinajstić information content (AvgIpc) is 3.03. The third-order valence-electron chi connectivity index (χ3n) is 4.14. The maximum absolute atomic E-state index is 6.24. The number of benzene rings is 1. The van der Waals surface area contributed by atoms with Crippen LogP contribution in [0.5, 0.6) is 5.75 Å². The standard InChI is InChI=1S/C16H23N3OS/c1-3-20-13-9-5-8-12-15(13)18-16(17)19(12)11-7-6-10-14(11)21-4-2/h5,8-9,11,14H,3-4,6-7,10H2,1-2H3,(H2,17,18). The minimum Gasteiger partial charge on any atom is -0.492 e. The third kappa shape index (κ3) is 2.59. The number of fused-ring (bicyclic) bond motifs is 1. The lowest BCUT2D eigenvalue weighted by Gasteiger charge is -2.22. The summed E-state index contributed by atoms with van der Waals surface area (Å²) in [5.41, 5.74) is 8.24. The van der Waals surface area contributed by atoms with Crippen molar-refractivity contribution in [3.63, 3.8) is 0 Å². The first-order valence-corrected chi connectivity index (χ1v) is 8.82. The lowest BCUT2D eigenvalue weighted by Crippen LogP contribution is -2.18. The summed E-state index contributed by atoms with van der Waals surface area (Å²) < 4.78 is 7.92. The van der Waals surface area contributed by atoms with Gasteiger partial charge >= 0.3 is 0 Å². The number of nitrogen functional groups attached to an aromatic ring is 1. The minimum atomic E-state index is 0.455. The molecule has 1 heterocycles. The molecule has 0 aliphatic heterocycles. The molecular weight excluding hydrogens is 282 g/mol. The fourth-order valence-corrected chi connectivity index (χ4v) is 4.58. The fraction of sp³-hybridized carbons (Fsp3) is 0.562. The molecule has 3 rings (SSSR count). The molecule has 114 valence electrons. The van der Waals surface area contributed by atoms with E-state index >= 15 is 0 Å². The van der Waals surface area contributed by atoms with Crippen LogP contribution in [0.2, 0.25) is 0 Å². The van der Waals surface area contributed by atoms with E-state index in [1.807, 2.05) is 30.8 Å². The summed E-state index contributed by atoms with van der Waals surface area (Å²) in [4.78, 5) is 4.58. The largest absolute Gasteiger partial charge is 0.492 e. The summed E-state index contributed by atoms with van der Waals surface area (Å²) >= 11 is 2.04. The Labute approximate surface area is 130 Å². The van der Waals surface area contributed by atoms with Crippen molar-refractivity contribution in [1.82, 2.24) is 9.55 Å². The second kappa shape index (κ2) is 6.18. The molecule has 0 saturated heterocycles. The molecule has 0 spiro atoms. The monoisotopic (exact) mass is 305 g/mol. The van der Waals surface area contributed by atoms with Gasteiger partial charge in [0.1, 0.15) is 11.3 Å². The third-order valence-corrected chi connectivity index (χ3v) is 5.45. The predicted octanol–water partition coefficient (Wildman–Crippen LogP) is 3.86. The van der Waals surface area contributed by atoms with E-state index in [1.165, 1.54) is 19.3 Å². The van der Waals surface area contributed by atoms with Crippen molar-refractivity contribution in [1.29, 1.82) is 0 Å². The van der Waals surface area contributed by atoms with Gasteiger partial charge in [0.15, 0.2) is 0 Å². The number of hydrogen-bond donors (Lipinski definition) is 1. The van der Waals surface area contributed by atoms with Crippen LogP contribution in [0.1, 0.15) is 39.2 Å². The first kappa shape index (κ1) is 14.6. The second-order valence-corrected chi connectivity index (χ2v) is 6.91. The Morgan fingerprint density at radius 2 is 2.24 bits per heavy atom. The zero-order valence-electron chi connectivity index (χ0n) is 12.7. The van der Waals surface area contributed by atoms with Gasteiger partial charge in [-0.2, -0.15) is 11.8 Å². The van der Waals surface area contributed by atoms with Crippen molar-refractivity contribution >= 4 is 28.7 Å². The van der Waals surface area contributed by atoms with Gasteiger partial charge in [-0.25, -0.2) is 4.98 Å². The molecule has 2 aromatic rings. The van der Waals surface area contributed by atoms with Gasteiger partial charge in [0, 0.05) is 11.3 Å². The molecule has 1 aromatic heterocycles. The van der Waals surface area contributed by atoms with E-state index in [2.05, 4.69) is 22.5 Å². The summed E-state index contributed by atoms with van der Waals surface area (Å²) in [6.07, 6.45) is 3.73. The van der Waals surface area contributed by atoms with E-state index in [4.69, 9.17) is 10.5 Å². The molecule has 0 radical (unpaired) electrons. The lowest BCUT2D eigenvalue weighted by molar-refractivity contribution is 0.343. The minimum absolute atomic E-state index is 0.455. The van der Waals surface area contributed by atoms with Gasteiger partial charge in [-0.3, -0.25) is 0 Å². The Kier molecular flexibility index (Phi) is 4.29.